The van der Waals surface area contributed by atoms with Crippen LogP contribution >= 0.6 is 0 Å². The Hall–Kier alpha value is -1.84. The molecule has 1 aliphatic rings. The largest absolute Gasteiger partial charge is 0.454 e. The SMILES string of the molecule is CCN(CC(C)(C)CCNC(=O)CN)S(=O)(=O)c1ccc2c(c1)OCO2. The third-order valence-corrected chi connectivity index (χ3v) is 6.17. The van der Waals surface area contributed by atoms with Crippen LogP contribution in [0.1, 0.15) is 27.2 Å². The van der Waals surface area contributed by atoms with E-state index >= 15 is 0 Å². The third-order valence-electron chi connectivity index (χ3n) is 4.25. The van der Waals surface area contributed by atoms with Crippen LogP contribution in [-0.2, 0) is 14.8 Å². The molecule has 0 atom stereocenters. The summed E-state index contributed by atoms with van der Waals surface area (Å²) in [5.41, 5.74) is 4.95. The number of benzene rings is 1. The van der Waals surface area contributed by atoms with E-state index in [1.807, 2.05) is 13.8 Å². The van der Waals surface area contributed by atoms with E-state index in [2.05, 4.69) is 5.32 Å². The summed E-state index contributed by atoms with van der Waals surface area (Å²) in [6.45, 7) is 6.91. The maximum absolute atomic E-state index is 13.0. The molecule has 0 fully saturated rings. The fourth-order valence-electron chi connectivity index (χ4n) is 2.72. The van der Waals surface area contributed by atoms with Gasteiger partial charge in [-0.3, -0.25) is 4.79 Å². The summed E-state index contributed by atoms with van der Waals surface area (Å²) in [6, 6.07) is 4.63. The minimum absolute atomic E-state index is 0.0555. The number of carbonyl (C=O) groups excluding carboxylic acids is 1. The first-order valence-electron chi connectivity index (χ1n) is 8.56. The number of nitrogens with zero attached hydrogens (tertiary/aromatic N) is 1. The Labute approximate surface area is 154 Å². The Bertz CT molecular complexity index is 749. The van der Waals surface area contributed by atoms with Gasteiger partial charge in [-0.15, -0.1) is 0 Å². The Morgan fingerprint density at radius 2 is 2.00 bits per heavy atom. The van der Waals surface area contributed by atoms with Gasteiger partial charge in [0.15, 0.2) is 11.5 Å². The molecule has 0 unspecified atom stereocenters. The number of ether oxygens (including phenoxy) is 2. The Morgan fingerprint density at radius 3 is 2.65 bits per heavy atom. The van der Waals surface area contributed by atoms with Crippen LogP contribution in [0.25, 0.3) is 0 Å². The summed E-state index contributed by atoms with van der Waals surface area (Å²) < 4.78 is 38.0. The van der Waals surface area contributed by atoms with E-state index in [-0.39, 0.29) is 29.6 Å². The zero-order valence-electron chi connectivity index (χ0n) is 15.4. The molecule has 9 heteroatoms. The van der Waals surface area contributed by atoms with Gasteiger partial charge in [-0.05, 0) is 24.0 Å². The molecule has 0 aliphatic carbocycles. The summed E-state index contributed by atoms with van der Waals surface area (Å²) >= 11 is 0. The Kier molecular flexibility index (Phi) is 6.48. The van der Waals surface area contributed by atoms with Crippen molar-refractivity contribution in [2.75, 3.05) is 33.0 Å². The molecule has 0 saturated carbocycles. The van der Waals surface area contributed by atoms with E-state index in [1.54, 1.807) is 13.0 Å². The fourth-order valence-corrected chi connectivity index (χ4v) is 4.38. The van der Waals surface area contributed by atoms with Crippen molar-refractivity contribution in [3.05, 3.63) is 18.2 Å². The molecular formula is C17H27N3O5S. The van der Waals surface area contributed by atoms with Crippen molar-refractivity contribution in [1.29, 1.82) is 0 Å². The lowest BCUT2D eigenvalue weighted by molar-refractivity contribution is -0.119. The van der Waals surface area contributed by atoms with Gasteiger partial charge < -0.3 is 20.5 Å². The number of nitrogens with two attached hydrogens (primary N) is 1. The number of carbonyl (C=O) groups is 1. The standard InChI is InChI=1S/C17H27N3O5S/c1-4-20(11-17(2,3)7-8-19-16(21)10-18)26(22,23)13-5-6-14-15(9-13)25-12-24-14/h5-6,9H,4,7-8,10-12,18H2,1-3H3,(H,19,21). The predicted octanol–water partition coefficient (Wildman–Crippen LogP) is 0.917. The van der Waals surface area contributed by atoms with Crippen molar-refractivity contribution < 1.29 is 22.7 Å². The van der Waals surface area contributed by atoms with Crippen molar-refractivity contribution in [1.82, 2.24) is 9.62 Å². The lowest BCUT2D eigenvalue weighted by atomic mass is 9.89. The van der Waals surface area contributed by atoms with Crippen molar-refractivity contribution in [3.8, 4) is 11.5 Å². The van der Waals surface area contributed by atoms with Crippen molar-refractivity contribution in [2.24, 2.45) is 11.1 Å². The maximum atomic E-state index is 13.0. The Balaban J connectivity index is 2.09. The van der Waals surface area contributed by atoms with E-state index in [0.29, 0.717) is 37.6 Å². The number of amides is 1. The minimum atomic E-state index is -3.66. The summed E-state index contributed by atoms with van der Waals surface area (Å²) in [7, 11) is -3.66. The van der Waals surface area contributed by atoms with Gasteiger partial charge in [-0.25, -0.2) is 8.42 Å². The second-order valence-corrected chi connectivity index (χ2v) is 8.85. The van der Waals surface area contributed by atoms with E-state index in [9.17, 15) is 13.2 Å². The number of fused-ring (bicyclic) bond motifs is 1. The molecule has 146 valence electrons. The normalized spacial score (nSPS) is 13.9. The van der Waals surface area contributed by atoms with Crippen molar-refractivity contribution >= 4 is 15.9 Å². The lowest BCUT2D eigenvalue weighted by Gasteiger charge is -2.31. The number of nitrogens with one attached hydrogen (secondary N) is 1. The molecule has 0 aromatic heterocycles. The van der Waals surface area contributed by atoms with Crippen LogP contribution in [0.2, 0.25) is 0 Å². The number of sulfonamides is 1. The number of rotatable bonds is 9. The highest BCUT2D eigenvalue weighted by Gasteiger charge is 2.31. The van der Waals surface area contributed by atoms with Crippen molar-refractivity contribution in [2.45, 2.75) is 32.1 Å². The topological polar surface area (TPSA) is 111 Å². The first kappa shape index (κ1) is 20.5. The molecule has 0 spiro atoms. The predicted molar refractivity (Wildman–Crippen MR) is 97.5 cm³/mol. The summed E-state index contributed by atoms with van der Waals surface area (Å²) in [4.78, 5) is 11.4. The van der Waals surface area contributed by atoms with Crippen LogP contribution in [0.5, 0.6) is 11.5 Å². The number of hydrogen-bond donors (Lipinski definition) is 2. The number of hydrogen-bond acceptors (Lipinski definition) is 6. The van der Waals surface area contributed by atoms with Gasteiger partial charge in [0.25, 0.3) is 0 Å². The molecule has 1 heterocycles. The van der Waals surface area contributed by atoms with Crippen LogP contribution in [0.3, 0.4) is 0 Å². The van der Waals surface area contributed by atoms with Crippen LogP contribution in [0.4, 0.5) is 0 Å². The van der Waals surface area contributed by atoms with Gasteiger partial charge in [-0.1, -0.05) is 20.8 Å². The van der Waals surface area contributed by atoms with Crippen LogP contribution in [0, 0.1) is 5.41 Å². The zero-order chi connectivity index (χ0) is 19.4. The smallest absolute Gasteiger partial charge is 0.243 e. The average molecular weight is 385 g/mol. The van der Waals surface area contributed by atoms with Crippen molar-refractivity contribution in [3.63, 3.8) is 0 Å². The summed E-state index contributed by atoms with van der Waals surface area (Å²) in [5.74, 6) is 0.759. The van der Waals surface area contributed by atoms with Crippen LogP contribution in [-0.4, -0.2) is 51.6 Å². The van der Waals surface area contributed by atoms with E-state index in [1.165, 1.54) is 16.4 Å². The second-order valence-electron chi connectivity index (χ2n) is 6.91. The van der Waals surface area contributed by atoms with Crippen LogP contribution in [0.15, 0.2) is 23.1 Å². The molecule has 1 aromatic carbocycles. The lowest BCUT2D eigenvalue weighted by Crippen LogP contribution is -2.40. The molecule has 1 aromatic rings. The molecule has 26 heavy (non-hydrogen) atoms. The van der Waals surface area contributed by atoms with Gasteiger partial charge in [0, 0.05) is 25.7 Å². The van der Waals surface area contributed by atoms with Gasteiger partial charge >= 0.3 is 0 Å². The first-order chi connectivity index (χ1) is 12.2. The average Bonchev–Trinajstić information content (AvgIpc) is 3.06. The zero-order valence-corrected chi connectivity index (χ0v) is 16.3. The van der Waals surface area contributed by atoms with E-state index < -0.39 is 10.0 Å². The Morgan fingerprint density at radius 1 is 1.31 bits per heavy atom. The fraction of sp³-hybridized carbons (Fsp3) is 0.588. The van der Waals surface area contributed by atoms with Crippen LogP contribution < -0.4 is 20.5 Å². The third kappa shape index (κ3) is 4.87. The second kappa shape index (κ2) is 8.24. The summed E-state index contributed by atoms with van der Waals surface area (Å²) in [6.07, 6.45) is 0.631. The quantitative estimate of drug-likeness (QED) is 0.654. The molecule has 0 radical (unpaired) electrons. The molecule has 1 aliphatic heterocycles. The van der Waals surface area contributed by atoms with E-state index in [4.69, 9.17) is 15.2 Å². The van der Waals surface area contributed by atoms with Gasteiger partial charge in [-0.2, -0.15) is 4.31 Å². The van der Waals surface area contributed by atoms with Gasteiger partial charge in [0.05, 0.1) is 11.4 Å². The summed E-state index contributed by atoms with van der Waals surface area (Å²) in [5, 5.41) is 2.72. The molecule has 1 amide bonds. The monoisotopic (exact) mass is 385 g/mol. The van der Waals surface area contributed by atoms with Gasteiger partial charge in [0.2, 0.25) is 22.7 Å². The molecule has 2 rings (SSSR count). The highest BCUT2D eigenvalue weighted by molar-refractivity contribution is 7.89. The van der Waals surface area contributed by atoms with Gasteiger partial charge in [0.1, 0.15) is 0 Å². The molecule has 3 N–H and O–H groups in total. The molecular weight excluding hydrogens is 358 g/mol. The highest BCUT2D eigenvalue weighted by atomic mass is 32.2. The minimum Gasteiger partial charge on any atom is -0.454 e. The molecule has 0 bridgehead atoms. The first-order valence-corrected chi connectivity index (χ1v) is 10.00. The molecule has 0 saturated heterocycles. The molecule has 8 nitrogen and oxygen atoms in total. The van der Waals surface area contributed by atoms with E-state index in [0.717, 1.165) is 0 Å². The maximum Gasteiger partial charge on any atom is 0.243 e. The highest BCUT2D eigenvalue weighted by Crippen LogP contribution is 2.35.